The number of alkyl halides is 2. The number of carbonyl (C=O) groups is 6. The van der Waals surface area contributed by atoms with Gasteiger partial charge in [0, 0.05) is 37.9 Å². The van der Waals surface area contributed by atoms with Crippen molar-refractivity contribution in [1.29, 1.82) is 0 Å². The summed E-state index contributed by atoms with van der Waals surface area (Å²) in [6.07, 6.45) is 6.39. The van der Waals surface area contributed by atoms with Gasteiger partial charge in [-0.05, 0) is 49.0 Å². The van der Waals surface area contributed by atoms with Gasteiger partial charge in [0.2, 0.25) is 0 Å². The monoisotopic (exact) mass is 618 g/mol. The average Bonchev–Trinajstić information content (AvgIpc) is 2.98. The second-order valence-corrected chi connectivity index (χ2v) is 10.7. The van der Waals surface area contributed by atoms with E-state index >= 15 is 0 Å². The summed E-state index contributed by atoms with van der Waals surface area (Å²) in [4.78, 5) is 82.6. The molecule has 0 saturated carbocycles. The SMILES string of the molecule is CCCCN1C(=O)/C(=C/c2ccc(/C=C3\C(=O)N(CCCC)C(=O)N(CCCCl)C3=O)cc2)C(=O)N(CCCCl)C1=O. The summed E-state index contributed by atoms with van der Waals surface area (Å²) in [5.74, 6) is -2.15. The molecule has 8 amide bonds. The van der Waals surface area contributed by atoms with E-state index in [4.69, 9.17) is 23.2 Å². The zero-order valence-electron chi connectivity index (χ0n) is 23.9. The third-order valence-electron chi connectivity index (χ3n) is 6.89. The zero-order valence-corrected chi connectivity index (χ0v) is 25.5. The fourth-order valence-electron chi connectivity index (χ4n) is 4.53. The molecule has 10 nitrogen and oxygen atoms in total. The van der Waals surface area contributed by atoms with E-state index in [1.807, 2.05) is 13.8 Å². The van der Waals surface area contributed by atoms with E-state index in [0.717, 1.165) is 32.4 Å². The van der Waals surface area contributed by atoms with Gasteiger partial charge < -0.3 is 0 Å². The molecule has 3 rings (SSSR count). The summed E-state index contributed by atoms with van der Waals surface area (Å²) >= 11 is 11.6. The Balaban J connectivity index is 1.92. The molecule has 0 aromatic heterocycles. The molecule has 0 unspecified atom stereocenters. The average molecular weight is 620 g/mol. The highest BCUT2D eigenvalue weighted by atomic mass is 35.5. The molecule has 1 aromatic rings. The first-order valence-electron chi connectivity index (χ1n) is 14.2. The minimum atomic E-state index is -0.679. The summed E-state index contributed by atoms with van der Waals surface area (Å²) in [7, 11) is 0. The zero-order chi connectivity index (χ0) is 30.8. The number of rotatable bonds is 14. The molecule has 12 heteroatoms. The number of nitrogens with zero attached hydrogens (tertiary/aromatic N) is 4. The molecule has 2 aliphatic rings. The van der Waals surface area contributed by atoms with Crippen molar-refractivity contribution < 1.29 is 28.8 Å². The van der Waals surface area contributed by atoms with Crippen LogP contribution in [0.15, 0.2) is 35.4 Å². The van der Waals surface area contributed by atoms with E-state index in [0.29, 0.717) is 36.8 Å². The predicted molar refractivity (Wildman–Crippen MR) is 161 cm³/mol. The lowest BCUT2D eigenvalue weighted by Gasteiger charge is -2.34. The molecule has 0 atom stereocenters. The summed E-state index contributed by atoms with van der Waals surface area (Å²) in [5.41, 5.74) is 0.759. The lowest BCUT2D eigenvalue weighted by Crippen LogP contribution is -2.56. The van der Waals surface area contributed by atoms with E-state index in [9.17, 15) is 28.8 Å². The minimum Gasteiger partial charge on any atom is -0.268 e. The number of urea groups is 2. The normalized spacial score (nSPS) is 18.4. The van der Waals surface area contributed by atoms with Crippen LogP contribution in [0.1, 0.15) is 63.5 Å². The summed E-state index contributed by atoms with van der Waals surface area (Å²) in [6.45, 7) is 4.48. The van der Waals surface area contributed by atoms with Gasteiger partial charge >= 0.3 is 12.1 Å². The number of carbonyl (C=O) groups excluding carboxylic acids is 6. The van der Waals surface area contributed by atoms with Gasteiger partial charge in [0.25, 0.3) is 23.6 Å². The van der Waals surface area contributed by atoms with Crippen molar-refractivity contribution in [3.05, 3.63) is 46.5 Å². The number of benzene rings is 1. The van der Waals surface area contributed by atoms with Crippen LogP contribution in [-0.2, 0) is 19.2 Å². The van der Waals surface area contributed by atoms with Crippen LogP contribution in [0.2, 0.25) is 0 Å². The Hall–Kier alpha value is -3.50. The Labute approximate surface area is 255 Å². The lowest BCUT2D eigenvalue weighted by atomic mass is 10.0. The molecule has 226 valence electrons. The van der Waals surface area contributed by atoms with Crippen molar-refractivity contribution in [2.75, 3.05) is 37.9 Å². The molecule has 0 bridgehead atoms. The number of amides is 8. The van der Waals surface area contributed by atoms with E-state index in [-0.39, 0.29) is 49.1 Å². The Morgan fingerprint density at radius 2 is 0.810 bits per heavy atom. The van der Waals surface area contributed by atoms with Gasteiger partial charge in [-0.3, -0.25) is 38.8 Å². The minimum absolute atomic E-state index is 0.0999. The number of hydrogen-bond donors (Lipinski definition) is 0. The van der Waals surface area contributed by atoms with Crippen molar-refractivity contribution in [2.45, 2.75) is 52.4 Å². The van der Waals surface area contributed by atoms with Gasteiger partial charge in [0.1, 0.15) is 11.1 Å². The van der Waals surface area contributed by atoms with Crippen LogP contribution < -0.4 is 0 Å². The van der Waals surface area contributed by atoms with E-state index in [1.54, 1.807) is 24.3 Å². The predicted octanol–water partition coefficient (Wildman–Crippen LogP) is 4.89. The highest BCUT2D eigenvalue weighted by molar-refractivity contribution is 6.31. The first-order chi connectivity index (χ1) is 20.2. The van der Waals surface area contributed by atoms with E-state index < -0.39 is 35.7 Å². The third-order valence-corrected chi connectivity index (χ3v) is 7.42. The first kappa shape index (κ1) is 33.0. The second-order valence-electron chi connectivity index (χ2n) is 9.97. The molecule has 2 aliphatic heterocycles. The fourth-order valence-corrected chi connectivity index (χ4v) is 4.77. The topological polar surface area (TPSA) is 115 Å². The smallest absolute Gasteiger partial charge is 0.268 e. The van der Waals surface area contributed by atoms with E-state index in [1.165, 1.54) is 12.2 Å². The van der Waals surface area contributed by atoms with Gasteiger partial charge in [-0.15, -0.1) is 23.2 Å². The van der Waals surface area contributed by atoms with Gasteiger partial charge in [-0.1, -0.05) is 51.0 Å². The maximum absolute atomic E-state index is 13.1. The number of unbranched alkanes of at least 4 members (excludes halogenated alkanes) is 2. The molecular formula is C30H36Cl2N4O6. The Morgan fingerprint density at radius 3 is 1.07 bits per heavy atom. The molecule has 2 heterocycles. The van der Waals surface area contributed by atoms with Crippen LogP contribution in [0.5, 0.6) is 0 Å². The number of halogens is 2. The molecule has 42 heavy (non-hydrogen) atoms. The van der Waals surface area contributed by atoms with Crippen LogP contribution >= 0.6 is 23.2 Å². The quantitative estimate of drug-likeness (QED) is 0.166. The van der Waals surface area contributed by atoms with Gasteiger partial charge in [0.05, 0.1) is 0 Å². The molecule has 0 aliphatic carbocycles. The molecule has 2 saturated heterocycles. The summed E-state index contributed by atoms with van der Waals surface area (Å²) in [5, 5.41) is 0. The van der Waals surface area contributed by atoms with Gasteiger partial charge in [-0.2, -0.15) is 0 Å². The lowest BCUT2D eigenvalue weighted by molar-refractivity contribution is -0.137. The largest absolute Gasteiger partial charge is 0.333 e. The van der Waals surface area contributed by atoms with Crippen molar-refractivity contribution >= 4 is 71.0 Å². The molecule has 1 aromatic carbocycles. The Bertz CT molecular complexity index is 1120. The number of hydrogen-bond acceptors (Lipinski definition) is 6. The Kier molecular flexibility index (Phi) is 12.3. The maximum Gasteiger partial charge on any atom is 0.333 e. The van der Waals surface area contributed by atoms with Crippen molar-refractivity contribution in [2.24, 2.45) is 0 Å². The number of imide groups is 4. The van der Waals surface area contributed by atoms with Crippen molar-refractivity contribution in [3.63, 3.8) is 0 Å². The number of barbiturate groups is 2. The third kappa shape index (κ3) is 7.46. The van der Waals surface area contributed by atoms with E-state index in [2.05, 4.69) is 0 Å². The van der Waals surface area contributed by atoms with Gasteiger partial charge in [-0.25, -0.2) is 9.59 Å². The standard InChI is InChI=1S/C30H36Cl2N4O6/c1-3-5-15-33-25(37)23(27(39)35(29(33)41)17-7-13-31)19-21-9-11-22(12-10-21)20-24-26(38)34(16-6-4-2)30(42)36(28(24)40)18-8-14-32/h9-12,19-20H,3-8,13-18H2,1-2H3/b23-19-,24-20+. The fraction of sp³-hybridized carbons (Fsp3) is 0.467. The van der Waals surface area contributed by atoms with Gasteiger partial charge in [0.15, 0.2) is 0 Å². The highest BCUT2D eigenvalue weighted by Crippen LogP contribution is 2.24. The van der Waals surface area contributed by atoms with Crippen LogP contribution in [-0.4, -0.2) is 93.2 Å². The van der Waals surface area contributed by atoms with Crippen LogP contribution in [0.4, 0.5) is 9.59 Å². The summed E-state index contributed by atoms with van der Waals surface area (Å²) < 4.78 is 0. The molecule has 2 fully saturated rings. The molecule has 0 N–H and O–H groups in total. The molecule has 0 spiro atoms. The maximum atomic E-state index is 13.1. The van der Waals surface area contributed by atoms with Crippen LogP contribution in [0, 0.1) is 0 Å². The first-order valence-corrected chi connectivity index (χ1v) is 15.3. The molecule has 0 radical (unpaired) electrons. The van der Waals surface area contributed by atoms with Crippen molar-refractivity contribution in [3.8, 4) is 0 Å². The highest BCUT2D eigenvalue weighted by Gasteiger charge is 2.42. The van der Waals surface area contributed by atoms with Crippen LogP contribution in [0.3, 0.4) is 0 Å². The second kappa shape index (κ2) is 15.7. The molecular weight excluding hydrogens is 583 g/mol. The van der Waals surface area contributed by atoms with Crippen LogP contribution in [0.25, 0.3) is 12.2 Å². The van der Waals surface area contributed by atoms with Crippen molar-refractivity contribution in [1.82, 2.24) is 19.6 Å². The Morgan fingerprint density at radius 1 is 0.524 bits per heavy atom. The summed E-state index contributed by atoms with van der Waals surface area (Å²) in [6, 6.07) is 5.27.